The molecule has 0 aliphatic carbocycles. The lowest BCUT2D eigenvalue weighted by Gasteiger charge is -2.28. The van der Waals surface area contributed by atoms with Gasteiger partial charge in [0.1, 0.15) is 6.04 Å². The summed E-state index contributed by atoms with van der Waals surface area (Å²) in [6.45, 7) is 8.21. The molecule has 21 heavy (non-hydrogen) atoms. The summed E-state index contributed by atoms with van der Waals surface area (Å²) < 4.78 is 0. The minimum absolute atomic E-state index is 0.00842. The normalized spacial score (nSPS) is 23.8. The quantitative estimate of drug-likeness (QED) is 0.760. The molecule has 2 fully saturated rings. The fraction of sp³-hybridized carbons (Fsp3) is 0.800. The van der Waals surface area contributed by atoms with E-state index in [1.165, 1.54) is 0 Å². The van der Waals surface area contributed by atoms with Gasteiger partial charge in [0.2, 0.25) is 17.7 Å². The van der Waals surface area contributed by atoms with Crippen LogP contribution in [0.4, 0.5) is 0 Å². The number of carbonyl (C=O) groups is 3. The van der Waals surface area contributed by atoms with Crippen LogP contribution in [0, 0.1) is 5.41 Å². The molecule has 2 heterocycles. The lowest BCUT2D eigenvalue weighted by Crippen LogP contribution is -2.46. The summed E-state index contributed by atoms with van der Waals surface area (Å²) in [5.41, 5.74) is -0.390. The van der Waals surface area contributed by atoms with Crippen molar-refractivity contribution in [2.24, 2.45) is 5.41 Å². The van der Waals surface area contributed by atoms with E-state index in [2.05, 4.69) is 5.32 Å². The smallest absolute Gasteiger partial charge is 0.245 e. The predicted molar refractivity (Wildman–Crippen MR) is 78.4 cm³/mol. The van der Waals surface area contributed by atoms with Gasteiger partial charge in [-0.1, -0.05) is 20.8 Å². The second kappa shape index (κ2) is 6.03. The first kappa shape index (κ1) is 15.8. The average molecular weight is 295 g/mol. The molecule has 0 spiro atoms. The molecule has 1 N–H and O–H groups in total. The second-order valence-corrected chi connectivity index (χ2v) is 6.88. The van der Waals surface area contributed by atoms with Crippen molar-refractivity contribution in [1.29, 1.82) is 0 Å². The first-order valence-electron chi connectivity index (χ1n) is 7.66. The van der Waals surface area contributed by atoms with E-state index in [-0.39, 0.29) is 23.8 Å². The van der Waals surface area contributed by atoms with Gasteiger partial charge in [-0.25, -0.2) is 0 Å². The van der Waals surface area contributed by atoms with Crippen LogP contribution in [0.25, 0.3) is 0 Å². The van der Waals surface area contributed by atoms with Crippen LogP contribution in [-0.4, -0.2) is 59.7 Å². The molecule has 0 aromatic rings. The molecule has 0 aromatic heterocycles. The average Bonchev–Trinajstić information content (AvgIpc) is 2.71. The van der Waals surface area contributed by atoms with E-state index < -0.39 is 5.41 Å². The highest BCUT2D eigenvalue weighted by molar-refractivity contribution is 5.91. The van der Waals surface area contributed by atoms with Crippen LogP contribution < -0.4 is 5.32 Å². The zero-order chi connectivity index (χ0) is 15.6. The number of nitrogens with one attached hydrogen (secondary N) is 1. The maximum atomic E-state index is 12.4. The molecule has 2 rings (SSSR count). The SMILES string of the molecule is CC(C)(C)C(=O)N1CCCN(C(=O)C2CCC(=O)N2)CC1. The third kappa shape index (κ3) is 3.74. The number of carbonyl (C=O) groups excluding carboxylic acids is 3. The standard InChI is InChI=1S/C15H25N3O3/c1-15(2,3)14(21)18-8-4-7-17(9-10-18)13(20)11-5-6-12(19)16-11/h11H,4-10H2,1-3H3,(H,16,19). The minimum atomic E-state index is -0.390. The lowest BCUT2D eigenvalue weighted by atomic mass is 9.94. The van der Waals surface area contributed by atoms with Gasteiger partial charge in [-0.05, 0) is 12.8 Å². The van der Waals surface area contributed by atoms with Crippen molar-refractivity contribution in [3.05, 3.63) is 0 Å². The van der Waals surface area contributed by atoms with Crippen molar-refractivity contribution < 1.29 is 14.4 Å². The lowest BCUT2D eigenvalue weighted by molar-refractivity contribution is -0.140. The molecule has 0 bridgehead atoms. The summed E-state index contributed by atoms with van der Waals surface area (Å²) >= 11 is 0. The van der Waals surface area contributed by atoms with E-state index in [0.717, 1.165) is 6.42 Å². The monoisotopic (exact) mass is 295 g/mol. The number of hydrogen-bond acceptors (Lipinski definition) is 3. The minimum Gasteiger partial charge on any atom is -0.344 e. The summed E-state index contributed by atoms with van der Waals surface area (Å²) in [5, 5.41) is 2.72. The molecule has 0 radical (unpaired) electrons. The maximum Gasteiger partial charge on any atom is 0.245 e. The highest BCUT2D eigenvalue weighted by Gasteiger charge is 2.33. The Morgan fingerprint density at radius 3 is 2.29 bits per heavy atom. The molecule has 118 valence electrons. The van der Waals surface area contributed by atoms with Gasteiger partial charge in [0, 0.05) is 38.0 Å². The first-order chi connectivity index (χ1) is 9.79. The highest BCUT2D eigenvalue weighted by atomic mass is 16.2. The Kier molecular flexibility index (Phi) is 4.54. The number of amides is 3. The summed E-state index contributed by atoms with van der Waals surface area (Å²) in [4.78, 5) is 39.6. The van der Waals surface area contributed by atoms with Crippen LogP contribution >= 0.6 is 0 Å². The third-order valence-corrected chi connectivity index (χ3v) is 4.03. The Morgan fingerprint density at radius 1 is 1.10 bits per heavy atom. The molecule has 6 heteroatoms. The molecule has 1 atom stereocenters. The highest BCUT2D eigenvalue weighted by Crippen LogP contribution is 2.19. The van der Waals surface area contributed by atoms with Gasteiger partial charge in [-0.3, -0.25) is 14.4 Å². The van der Waals surface area contributed by atoms with Crippen molar-refractivity contribution in [2.75, 3.05) is 26.2 Å². The molecule has 1 unspecified atom stereocenters. The van der Waals surface area contributed by atoms with E-state index in [1.807, 2.05) is 25.7 Å². The van der Waals surface area contributed by atoms with Crippen LogP contribution in [0.5, 0.6) is 0 Å². The second-order valence-electron chi connectivity index (χ2n) is 6.88. The summed E-state index contributed by atoms with van der Waals surface area (Å²) in [5.74, 6) is 0.0737. The van der Waals surface area contributed by atoms with E-state index >= 15 is 0 Å². The Bertz CT molecular complexity index is 442. The fourth-order valence-corrected chi connectivity index (χ4v) is 2.83. The molecule has 6 nitrogen and oxygen atoms in total. The van der Waals surface area contributed by atoms with Gasteiger partial charge in [0.05, 0.1) is 0 Å². The number of rotatable bonds is 1. The summed E-state index contributed by atoms with van der Waals surface area (Å²) in [7, 11) is 0. The van der Waals surface area contributed by atoms with Crippen LogP contribution in [0.1, 0.15) is 40.0 Å². The van der Waals surface area contributed by atoms with Crippen molar-refractivity contribution in [3.8, 4) is 0 Å². The van der Waals surface area contributed by atoms with Gasteiger partial charge in [-0.15, -0.1) is 0 Å². The molecule has 2 saturated heterocycles. The molecule has 2 aliphatic heterocycles. The van der Waals surface area contributed by atoms with Gasteiger partial charge < -0.3 is 15.1 Å². The van der Waals surface area contributed by atoms with Crippen molar-refractivity contribution in [2.45, 2.75) is 46.1 Å². The number of hydrogen-bond donors (Lipinski definition) is 1. The molecular formula is C15H25N3O3. The van der Waals surface area contributed by atoms with E-state index in [0.29, 0.717) is 39.0 Å². The predicted octanol–water partition coefficient (Wildman–Crippen LogP) is 0.372. The largest absolute Gasteiger partial charge is 0.344 e. The Morgan fingerprint density at radius 2 is 1.71 bits per heavy atom. The van der Waals surface area contributed by atoms with E-state index in [1.54, 1.807) is 4.90 Å². The Hall–Kier alpha value is -1.59. The Labute approximate surface area is 125 Å². The van der Waals surface area contributed by atoms with Gasteiger partial charge >= 0.3 is 0 Å². The van der Waals surface area contributed by atoms with Crippen LogP contribution in [-0.2, 0) is 14.4 Å². The molecular weight excluding hydrogens is 270 g/mol. The Balaban J connectivity index is 1.93. The van der Waals surface area contributed by atoms with Gasteiger partial charge in [-0.2, -0.15) is 0 Å². The van der Waals surface area contributed by atoms with Crippen molar-refractivity contribution >= 4 is 17.7 Å². The third-order valence-electron chi connectivity index (χ3n) is 4.03. The zero-order valence-electron chi connectivity index (χ0n) is 13.1. The first-order valence-corrected chi connectivity index (χ1v) is 7.66. The van der Waals surface area contributed by atoms with Crippen LogP contribution in [0.3, 0.4) is 0 Å². The van der Waals surface area contributed by atoms with Crippen LogP contribution in [0.15, 0.2) is 0 Å². The van der Waals surface area contributed by atoms with Gasteiger partial charge in [0.25, 0.3) is 0 Å². The molecule has 3 amide bonds. The van der Waals surface area contributed by atoms with Crippen molar-refractivity contribution in [1.82, 2.24) is 15.1 Å². The van der Waals surface area contributed by atoms with Crippen molar-refractivity contribution in [3.63, 3.8) is 0 Å². The molecule has 0 saturated carbocycles. The zero-order valence-corrected chi connectivity index (χ0v) is 13.1. The topological polar surface area (TPSA) is 69.7 Å². The fourth-order valence-electron chi connectivity index (χ4n) is 2.83. The van der Waals surface area contributed by atoms with E-state index in [9.17, 15) is 14.4 Å². The van der Waals surface area contributed by atoms with E-state index in [4.69, 9.17) is 0 Å². The van der Waals surface area contributed by atoms with Crippen LogP contribution in [0.2, 0.25) is 0 Å². The summed E-state index contributed by atoms with van der Waals surface area (Å²) in [6, 6.07) is -0.373. The maximum absolute atomic E-state index is 12.4. The number of nitrogens with zero attached hydrogens (tertiary/aromatic N) is 2. The summed E-state index contributed by atoms with van der Waals surface area (Å²) in [6.07, 6.45) is 1.80. The van der Waals surface area contributed by atoms with Gasteiger partial charge in [0.15, 0.2) is 0 Å². The molecule has 0 aromatic carbocycles. The molecule has 2 aliphatic rings.